The summed E-state index contributed by atoms with van der Waals surface area (Å²) in [6, 6.07) is 15.2. The highest BCUT2D eigenvalue weighted by Crippen LogP contribution is 2.50. The fourth-order valence-electron chi connectivity index (χ4n) is 5.18. The first kappa shape index (κ1) is 18.9. The van der Waals surface area contributed by atoms with E-state index in [4.69, 9.17) is 0 Å². The number of fused-ring (bicyclic) bond motifs is 3. The van der Waals surface area contributed by atoms with Gasteiger partial charge in [0.25, 0.3) is 5.91 Å². The van der Waals surface area contributed by atoms with E-state index in [1.54, 1.807) is 0 Å². The Bertz CT molecular complexity index is 928. The third kappa shape index (κ3) is 3.63. The second kappa shape index (κ2) is 7.98. The van der Waals surface area contributed by atoms with E-state index in [1.165, 1.54) is 24.0 Å². The van der Waals surface area contributed by atoms with Gasteiger partial charge in [0.2, 0.25) is 0 Å². The van der Waals surface area contributed by atoms with Crippen LogP contribution < -0.4 is 5.32 Å². The molecule has 1 aliphatic carbocycles. The highest BCUT2D eigenvalue weighted by molar-refractivity contribution is 9.10. The monoisotopic (exact) mass is 450 g/mol. The third-order valence-electron chi connectivity index (χ3n) is 6.73. The van der Waals surface area contributed by atoms with Crippen molar-refractivity contribution in [2.24, 2.45) is 5.92 Å². The molecule has 0 unspecified atom stereocenters. The Labute approximate surface area is 181 Å². The van der Waals surface area contributed by atoms with Crippen LogP contribution in [-0.2, 0) is 0 Å². The highest BCUT2D eigenvalue weighted by Gasteiger charge is 2.38. The number of allylic oxidation sites excluding steroid dienone is 2. The number of nitrogens with zero attached hydrogens (tertiary/aromatic N) is 1. The Morgan fingerprint density at radius 3 is 2.52 bits per heavy atom. The summed E-state index contributed by atoms with van der Waals surface area (Å²) in [6.07, 6.45) is 10.5. The molecule has 0 spiro atoms. The SMILES string of the molecule is O=C(c1ccc2c(c1)[C@H]1C=CC[C@@H]1[C@H](c1ccc(Br)cc1)N2)N1CCCCCC1. The topological polar surface area (TPSA) is 32.3 Å². The minimum atomic E-state index is 0.197. The van der Waals surface area contributed by atoms with Gasteiger partial charge in [0, 0.05) is 34.7 Å². The first-order chi connectivity index (χ1) is 14.2. The normalized spacial score (nSPS) is 25.7. The predicted octanol–water partition coefficient (Wildman–Crippen LogP) is 6.29. The number of carbonyl (C=O) groups is 1. The molecule has 3 aliphatic rings. The summed E-state index contributed by atoms with van der Waals surface area (Å²) in [7, 11) is 0. The summed E-state index contributed by atoms with van der Waals surface area (Å²) in [5, 5.41) is 3.78. The zero-order valence-electron chi connectivity index (χ0n) is 16.6. The fourth-order valence-corrected chi connectivity index (χ4v) is 5.45. The zero-order valence-corrected chi connectivity index (χ0v) is 18.2. The number of hydrogen-bond acceptors (Lipinski definition) is 2. The Hall–Kier alpha value is -2.07. The van der Waals surface area contributed by atoms with Crippen LogP contribution in [0.2, 0.25) is 0 Å². The molecule has 5 rings (SSSR count). The average Bonchev–Trinajstić information content (AvgIpc) is 3.09. The number of amides is 1. The lowest BCUT2D eigenvalue weighted by Crippen LogP contribution is -2.33. The van der Waals surface area contributed by atoms with Gasteiger partial charge in [-0.05, 0) is 66.6 Å². The van der Waals surface area contributed by atoms with E-state index in [2.05, 4.69) is 74.7 Å². The Morgan fingerprint density at radius 2 is 1.76 bits per heavy atom. The van der Waals surface area contributed by atoms with Crippen molar-refractivity contribution < 1.29 is 4.79 Å². The standard InChI is InChI=1S/C25H27BrN2O/c26-19-11-8-17(9-12-19)24-21-7-5-6-20(21)22-16-18(10-13-23(22)27-24)25(29)28-14-3-1-2-4-15-28/h5-6,8-13,16,20-21,24,27H,1-4,7,14-15H2/t20-,21-,24-/m0/s1. The summed E-state index contributed by atoms with van der Waals surface area (Å²) in [4.78, 5) is 15.2. The smallest absolute Gasteiger partial charge is 0.253 e. The quantitative estimate of drug-likeness (QED) is 0.544. The molecule has 2 heterocycles. The van der Waals surface area contributed by atoms with Crippen molar-refractivity contribution in [3.8, 4) is 0 Å². The lowest BCUT2D eigenvalue weighted by molar-refractivity contribution is 0.0761. The maximum atomic E-state index is 13.1. The van der Waals surface area contributed by atoms with Gasteiger partial charge in [0.1, 0.15) is 0 Å². The van der Waals surface area contributed by atoms with E-state index in [1.807, 2.05) is 6.07 Å². The molecule has 1 saturated heterocycles. The van der Waals surface area contributed by atoms with Gasteiger partial charge < -0.3 is 10.2 Å². The Balaban J connectivity index is 1.45. The zero-order chi connectivity index (χ0) is 19.8. The number of anilines is 1. The van der Waals surface area contributed by atoms with Gasteiger partial charge in [-0.15, -0.1) is 0 Å². The van der Waals surface area contributed by atoms with Crippen LogP contribution in [0.5, 0.6) is 0 Å². The van der Waals surface area contributed by atoms with Crippen LogP contribution in [0.1, 0.15) is 65.5 Å². The lowest BCUT2D eigenvalue weighted by Gasteiger charge is -2.38. The summed E-state index contributed by atoms with van der Waals surface area (Å²) < 4.78 is 1.11. The van der Waals surface area contributed by atoms with Crippen molar-refractivity contribution in [2.45, 2.75) is 44.1 Å². The van der Waals surface area contributed by atoms with E-state index >= 15 is 0 Å². The van der Waals surface area contributed by atoms with Crippen LogP contribution in [0.4, 0.5) is 5.69 Å². The molecule has 1 N–H and O–H groups in total. The molecular formula is C25H27BrN2O. The van der Waals surface area contributed by atoms with E-state index < -0.39 is 0 Å². The molecule has 0 saturated carbocycles. The summed E-state index contributed by atoms with van der Waals surface area (Å²) in [5.41, 5.74) is 4.60. The number of likely N-dealkylation sites (tertiary alicyclic amines) is 1. The lowest BCUT2D eigenvalue weighted by atomic mass is 9.76. The van der Waals surface area contributed by atoms with Crippen molar-refractivity contribution in [3.63, 3.8) is 0 Å². The molecule has 150 valence electrons. The minimum absolute atomic E-state index is 0.197. The van der Waals surface area contributed by atoms with Gasteiger partial charge in [-0.3, -0.25) is 4.79 Å². The van der Waals surface area contributed by atoms with E-state index in [9.17, 15) is 4.79 Å². The maximum absolute atomic E-state index is 13.1. The summed E-state index contributed by atoms with van der Waals surface area (Å²) in [6.45, 7) is 1.79. The number of hydrogen-bond donors (Lipinski definition) is 1. The average molecular weight is 451 g/mol. The molecule has 0 bridgehead atoms. The van der Waals surface area contributed by atoms with E-state index in [-0.39, 0.29) is 5.91 Å². The second-order valence-corrected chi connectivity index (χ2v) is 9.45. The van der Waals surface area contributed by atoms with Crippen LogP contribution in [0.3, 0.4) is 0 Å². The molecule has 3 nitrogen and oxygen atoms in total. The van der Waals surface area contributed by atoms with E-state index in [0.29, 0.717) is 17.9 Å². The highest BCUT2D eigenvalue weighted by atomic mass is 79.9. The van der Waals surface area contributed by atoms with Gasteiger partial charge in [-0.2, -0.15) is 0 Å². The minimum Gasteiger partial charge on any atom is -0.378 e. The van der Waals surface area contributed by atoms with Gasteiger partial charge >= 0.3 is 0 Å². The molecule has 2 aromatic rings. The fraction of sp³-hybridized carbons (Fsp3) is 0.400. The van der Waals surface area contributed by atoms with Crippen LogP contribution >= 0.6 is 15.9 Å². The Morgan fingerprint density at radius 1 is 1.00 bits per heavy atom. The van der Waals surface area contributed by atoms with Crippen molar-refractivity contribution in [2.75, 3.05) is 18.4 Å². The number of halogens is 1. The summed E-state index contributed by atoms with van der Waals surface area (Å²) >= 11 is 3.54. The van der Waals surface area contributed by atoms with Crippen LogP contribution in [-0.4, -0.2) is 23.9 Å². The van der Waals surface area contributed by atoms with Crippen LogP contribution in [0, 0.1) is 5.92 Å². The van der Waals surface area contributed by atoms with Crippen molar-refractivity contribution >= 4 is 27.5 Å². The third-order valence-corrected chi connectivity index (χ3v) is 7.26. The second-order valence-electron chi connectivity index (χ2n) is 8.54. The molecule has 29 heavy (non-hydrogen) atoms. The van der Waals surface area contributed by atoms with Gasteiger partial charge in [0.05, 0.1) is 6.04 Å². The van der Waals surface area contributed by atoms with Crippen LogP contribution in [0.15, 0.2) is 59.1 Å². The van der Waals surface area contributed by atoms with Crippen LogP contribution in [0.25, 0.3) is 0 Å². The van der Waals surface area contributed by atoms with Gasteiger partial charge in [-0.1, -0.05) is 53.1 Å². The number of nitrogens with one attached hydrogen (secondary N) is 1. The van der Waals surface area contributed by atoms with E-state index in [0.717, 1.165) is 48.1 Å². The number of carbonyl (C=O) groups excluding carboxylic acids is 1. The van der Waals surface area contributed by atoms with Crippen molar-refractivity contribution in [1.82, 2.24) is 4.90 Å². The molecule has 1 fully saturated rings. The molecule has 0 radical (unpaired) electrons. The van der Waals surface area contributed by atoms with Gasteiger partial charge in [0.15, 0.2) is 0 Å². The molecule has 2 aromatic carbocycles. The first-order valence-electron chi connectivity index (χ1n) is 10.8. The molecule has 1 amide bonds. The molecule has 0 aromatic heterocycles. The molecule has 4 heteroatoms. The number of rotatable bonds is 2. The number of benzene rings is 2. The summed E-state index contributed by atoms with van der Waals surface area (Å²) in [5.74, 6) is 1.06. The van der Waals surface area contributed by atoms with Crippen molar-refractivity contribution in [1.29, 1.82) is 0 Å². The van der Waals surface area contributed by atoms with Gasteiger partial charge in [-0.25, -0.2) is 0 Å². The Kier molecular flexibility index (Phi) is 5.21. The predicted molar refractivity (Wildman–Crippen MR) is 121 cm³/mol. The first-order valence-corrected chi connectivity index (χ1v) is 11.6. The van der Waals surface area contributed by atoms with Crippen molar-refractivity contribution in [3.05, 3.63) is 75.8 Å². The molecule has 3 atom stereocenters. The maximum Gasteiger partial charge on any atom is 0.253 e. The largest absolute Gasteiger partial charge is 0.378 e. The molecular weight excluding hydrogens is 424 g/mol. The molecule has 2 aliphatic heterocycles.